The van der Waals surface area contributed by atoms with E-state index in [1.54, 1.807) is 10.9 Å². The highest BCUT2D eigenvalue weighted by Gasteiger charge is 2.15. The molecule has 1 aromatic rings. The van der Waals surface area contributed by atoms with E-state index in [0.717, 1.165) is 37.6 Å². The number of ether oxygens (including phenoxy) is 1. The average molecular weight is 222 g/mol. The highest BCUT2D eigenvalue weighted by molar-refractivity contribution is 5.85. The largest absolute Gasteiger partial charge is 0.478 e. The quantitative estimate of drug-likeness (QED) is 0.776. The van der Waals surface area contributed by atoms with Crippen LogP contribution in [0.2, 0.25) is 0 Å². The zero-order valence-corrected chi connectivity index (χ0v) is 8.87. The highest BCUT2D eigenvalue weighted by Crippen LogP contribution is 2.14. The molecule has 1 fully saturated rings. The summed E-state index contributed by atoms with van der Waals surface area (Å²) in [5, 5.41) is 12.6. The van der Waals surface area contributed by atoms with E-state index in [2.05, 4.69) is 5.10 Å². The summed E-state index contributed by atoms with van der Waals surface area (Å²) in [5.41, 5.74) is 0.792. The molecule has 1 N–H and O–H groups in total. The molecule has 2 rings (SSSR count). The van der Waals surface area contributed by atoms with Crippen molar-refractivity contribution in [2.45, 2.75) is 25.5 Å². The van der Waals surface area contributed by atoms with E-state index in [4.69, 9.17) is 9.84 Å². The van der Waals surface area contributed by atoms with Crippen molar-refractivity contribution in [1.29, 1.82) is 0 Å². The molecule has 16 heavy (non-hydrogen) atoms. The van der Waals surface area contributed by atoms with Crippen molar-refractivity contribution < 1.29 is 14.6 Å². The number of hydrogen-bond donors (Lipinski definition) is 1. The summed E-state index contributed by atoms with van der Waals surface area (Å²) in [4.78, 5) is 10.3. The van der Waals surface area contributed by atoms with Gasteiger partial charge in [0.15, 0.2) is 0 Å². The Labute approximate surface area is 93.3 Å². The minimum atomic E-state index is -0.952. The molecule has 0 bridgehead atoms. The molecule has 1 aliphatic rings. The van der Waals surface area contributed by atoms with Gasteiger partial charge in [-0.3, -0.25) is 4.68 Å². The third kappa shape index (κ3) is 2.93. The lowest BCUT2D eigenvalue weighted by Crippen LogP contribution is -2.14. The smallest absolute Gasteiger partial charge is 0.328 e. The fraction of sp³-hybridized carbons (Fsp3) is 0.455. The van der Waals surface area contributed by atoms with Crippen LogP contribution in [-0.2, 0) is 16.1 Å². The van der Waals surface area contributed by atoms with Gasteiger partial charge in [0.25, 0.3) is 0 Å². The van der Waals surface area contributed by atoms with Gasteiger partial charge in [0.1, 0.15) is 0 Å². The van der Waals surface area contributed by atoms with Crippen LogP contribution in [0.3, 0.4) is 0 Å². The van der Waals surface area contributed by atoms with Crippen molar-refractivity contribution in [1.82, 2.24) is 9.78 Å². The molecule has 0 saturated carbocycles. The van der Waals surface area contributed by atoms with Crippen LogP contribution in [0.5, 0.6) is 0 Å². The molecule has 1 aromatic heterocycles. The van der Waals surface area contributed by atoms with E-state index in [0.29, 0.717) is 0 Å². The van der Waals surface area contributed by atoms with Crippen LogP contribution in [-0.4, -0.2) is 33.6 Å². The summed E-state index contributed by atoms with van der Waals surface area (Å²) in [6.07, 6.45) is 8.53. The first-order valence-electron chi connectivity index (χ1n) is 5.29. The van der Waals surface area contributed by atoms with Gasteiger partial charge in [-0.25, -0.2) is 4.79 Å². The Morgan fingerprint density at radius 3 is 3.31 bits per heavy atom. The third-order valence-electron chi connectivity index (χ3n) is 2.49. The molecule has 0 radical (unpaired) electrons. The van der Waals surface area contributed by atoms with Crippen molar-refractivity contribution in [2.24, 2.45) is 0 Å². The molecule has 1 aliphatic heterocycles. The fourth-order valence-corrected chi connectivity index (χ4v) is 1.73. The Balaban J connectivity index is 1.93. The minimum Gasteiger partial charge on any atom is -0.478 e. The lowest BCUT2D eigenvalue weighted by Gasteiger charge is -2.08. The number of hydrogen-bond acceptors (Lipinski definition) is 3. The van der Waals surface area contributed by atoms with Gasteiger partial charge in [0, 0.05) is 24.4 Å². The van der Waals surface area contributed by atoms with E-state index < -0.39 is 5.97 Å². The van der Waals surface area contributed by atoms with Gasteiger partial charge in [-0.15, -0.1) is 0 Å². The number of carboxylic acid groups (broad SMARTS) is 1. The zero-order chi connectivity index (χ0) is 11.4. The first-order chi connectivity index (χ1) is 7.74. The first kappa shape index (κ1) is 10.9. The van der Waals surface area contributed by atoms with Crippen LogP contribution < -0.4 is 0 Å². The van der Waals surface area contributed by atoms with Crippen LogP contribution in [0.1, 0.15) is 18.4 Å². The zero-order valence-electron chi connectivity index (χ0n) is 8.87. The number of carboxylic acids is 1. The molecule has 5 heteroatoms. The summed E-state index contributed by atoms with van der Waals surface area (Å²) in [6, 6.07) is 0. The Bertz CT molecular complexity index is 392. The molecule has 0 aromatic carbocycles. The van der Waals surface area contributed by atoms with Gasteiger partial charge in [0.2, 0.25) is 0 Å². The maximum Gasteiger partial charge on any atom is 0.328 e. The van der Waals surface area contributed by atoms with E-state index in [-0.39, 0.29) is 6.10 Å². The van der Waals surface area contributed by atoms with Crippen molar-refractivity contribution in [3.63, 3.8) is 0 Å². The molecule has 0 aliphatic carbocycles. The summed E-state index contributed by atoms with van der Waals surface area (Å²) in [5.74, 6) is -0.952. The SMILES string of the molecule is O=C(O)/C=C/c1cnn(C[C@H]2CCCO2)c1. The third-order valence-corrected chi connectivity index (χ3v) is 2.49. The van der Waals surface area contributed by atoms with Crippen molar-refractivity contribution in [3.05, 3.63) is 24.0 Å². The molecule has 2 heterocycles. The van der Waals surface area contributed by atoms with Crippen molar-refractivity contribution in [3.8, 4) is 0 Å². The topological polar surface area (TPSA) is 64.3 Å². The molecular weight excluding hydrogens is 208 g/mol. The first-order valence-corrected chi connectivity index (χ1v) is 5.29. The van der Waals surface area contributed by atoms with Crippen LogP contribution in [0.25, 0.3) is 6.08 Å². The fourth-order valence-electron chi connectivity index (χ4n) is 1.73. The second-order valence-corrected chi connectivity index (χ2v) is 3.80. The summed E-state index contributed by atoms with van der Waals surface area (Å²) in [6.45, 7) is 1.57. The summed E-state index contributed by atoms with van der Waals surface area (Å²) >= 11 is 0. The van der Waals surface area contributed by atoms with Gasteiger partial charge in [-0.1, -0.05) is 0 Å². The second kappa shape index (κ2) is 4.94. The standard InChI is InChI=1S/C11H14N2O3/c14-11(15)4-3-9-6-12-13(7-9)8-10-2-1-5-16-10/h3-4,6-7,10H,1-2,5,8H2,(H,14,15)/b4-3+/t10-/m1/s1. The van der Waals surface area contributed by atoms with E-state index in [9.17, 15) is 4.79 Å². The number of aliphatic carboxylic acids is 1. The van der Waals surface area contributed by atoms with Crippen molar-refractivity contribution in [2.75, 3.05) is 6.61 Å². The van der Waals surface area contributed by atoms with Gasteiger partial charge in [-0.05, 0) is 18.9 Å². The summed E-state index contributed by atoms with van der Waals surface area (Å²) in [7, 11) is 0. The van der Waals surface area contributed by atoms with Crippen molar-refractivity contribution >= 4 is 12.0 Å². The maximum absolute atomic E-state index is 10.3. The lowest BCUT2D eigenvalue weighted by atomic mass is 10.2. The van der Waals surface area contributed by atoms with E-state index in [1.165, 1.54) is 6.08 Å². The van der Waals surface area contributed by atoms with Crippen LogP contribution in [0, 0.1) is 0 Å². The molecular formula is C11H14N2O3. The predicted molar refractivity (Wildman–Crippen MR) is 57.9 cm³/mol. The Morgan fingerprint density at radius 2 is 2.62 bits per heavy atom. The minimum absolute atomic E-state index is 0.246. The molecule has 0 unspecified atom stereocenters. The second-order valence-electron chi connectivity index (χ2n) is 3.80. The normalized spacial score (nSPS) is 20.6. The highest BCUT2D eigenvalue weighted by atomic mass is 16.5. The Kier molecular flexibility index (Phi) is 3.36. The average Bonchev–Trinajstić information content (AvgIpc) is 2.87. The molecule has 1 saturated heterocycles. The lowest BCUT2D eigenvalue weighted by molar-refractivity contribution is -0.131. The molecule has 0 amide bonds. The van der Waals surface area contributed by atoms with Gasteiger partial charge in [0.05, 0.1) is 18.8 Å². The van der Waals surface area contributed by atoms with Crippen LogP contribution >= 0.6 is 0 Å². The Hall–Kier alpha value is -1.62. The Morgan fingerprint density at radius 1 is 1.75 bits per heavy atom. The van der Waals surface area contributed by atoms with Gasteiger partial charge < -0.3 is 9.84 Å². The molecule has 86 valence electrons. The van der Waals surface area contributed by atoms with Crippen LogP contribution in [0.4, 0.5) is 0 Å². The molecule has 5 nitrogen and oxygen atoms in total. The van der Waals surface area contributed by atoms with Crippen LogP contribution in [0.15, 0.2) is 18.5 Å². The number of nitrogens with zero attached hydrogens (tertiary/aromatic N) is 2. The number of rotatable bonds is 4. The summed E-state index contributed by atoms with van der Waals surface area (Å²) < 4.78 is 7.28. The number of carbonyl (C=O) groups is 1. The van der Waals surface area contributed by atoms with E-state index in [1.807, 2.05) is 6.20 Å². The molecule has 1 atom stereocenters. The maximum atomic E-state index is 10.3. The van der Waals surface area contributed by atoms with Gasteiger partial charge in [-0.2, -0.15) is 5.10 Å². The number of aromatic nitrogens is 2. The predicted octanol–water partition coefficient (Wildman–Crippen LogP) is 1.16. The van der Waals surface area contributed by atoms with E-state index >= 15 is 0 Å². The van der Waals surface area contributed by atoms with Gasteiger partial charge >= 0.3 is 5.97 Å². The molecule has 0 spiro atoms. The monoisotopic (exact) mass is 222 g/mol.